The number of halogens is 1. The summed E-state index contributed by atoms with van der Waals surface area (Å²) in [6.07, 6.45) is 0. The van der Waals surface area contributed by atoms with Gasteiger partial charge in [0.05, 0.1) is 6.07 Å². The van der Waals surface area contributed by atoms with Gasteiger partial charge in [0.2, 0.25) is 0 Å². The molecule has 1 unspecified atom stereocenters. The number of hydrogen-bond acceptors (Lipinski definition) is 2. The van der Waals surface area contributed by atoms with E-state index >= 15 is 0 Å². The van der Waals surface area contributed by atoms with Gasteiger partial charge in [-0.1, -0.05) is 51.8 Å². The molecule has 0 fully saturated rings. The zero-order valence-electron chi connectivity index (χ0n) is 11.4. The summed E-state index contributed by atoms with van der Waals surface area (Å²) in [6.45, 7) is 3.83. The van der Waals surface area contributed by atoms with E-state index in [0.717, 1.165) is 21.2 Å². The molecule has 0 radical (unpaired) electrons. The predicted octanol–water partition coefficient (Wildman–Crippen LogP) is 4.56. The van der Waals surface area contributed by atoms with Crippen molar-refractivity contribution < 1.29 is 4.79 Å². The minimum absolute atomic E-state index is 0.156. The molecule has 0 saturated heterocycles. The van der Waals surface area contributed by atoms with Crippen molar-refractivity contribution in [2.75, 3.05) is 0 Å². The highest BCUT2D eigenvalue weighted by molar-refractivity contribution is 9.10. The van der Waals surface area contributed by atoms with E-state index in [1.807, 2.05) is 50.2 Å². The number of ketones is 1. The van der Waals surface area contributed by atoms with Crippen LogP contribution in [0.25, 0.3) is 0 Å². The maximum Gasteiger partial charge on any atom is 0.184 e. The lowest BCUT2D eigenvalue weighted by molar-refractivity contribution is 0.0978. The van der Waals surface area contributed by atoms with Crippen molar-refractivity contribution in [3.05, 3.63) is 69.2 Å². The van der Waals surface area contributed by atoms with Crippen molar-refractivity contribution in [1.82, 2.24) is 0 Å². The molecule has 20 heavy (non-hydrogen) atoms. The van der Waals surface area contributed by atoms with Crippen molar-refractivity contribution in [3.63, 3.8) is 0 Å². The Balaban J connectivity index is 2.45. The first-order chi connectivity index (χ1) is 9.52. The largest absolute Gasteiger partial charge is 0.292 e. The van der Waals surface area contributed by atoms with Crippen molar-refractivity contribution in [2.24, 2.45) is 0 Å². The van der Waals surface area contributed by atoms with E-state index in [0.29, 0.717) is 5.56 Å². The zero-order chi connectivity index (χ0) is 14.7. The SMILES string of the molecule is Cc1cccc(C(C#N)C(=O)c2cc(Br)ccc2C)c1. The summed E-state index contributed by atoms with van der Waals surface area (Å²) in [7, 11) is 0. The summed E-state index contributed by atoms with van der Waals surface area (Å²) in [5, 5.41) is 9.38. The number of benzene rings is 2. The quantitative estimate of drug-likeness (QED) is 0.775. The number of carbonyl (C=O) groups excluding carboxylic acids is 1. The van der Waals surface area contributed by atoms with Gasteiger partial charge in [-0.25, -0.2) is 0 Å². The van der Waals surface area contributed by atoms with Crippen LogP contribution in [0.1, 0.15) is 33.0 Å². The molecular weight excluding hydrogens is 314 g/mol. The average molecular weight is 328 g/mol. The van der Waals surface area contributed by atoms with Crippen LogP contribution in [0.3, 0.4) is 0 Å². The van der Waals surface area contributed by atoms with Gasteiger partial charge < -0.3 is 0 Å². The number of aryl methyl sites for hydroxylation is 2. The van der Waals surface area contributed by atoms with Crippen molar-refractivity contribution in [3.8, 4) is 6.07 Å². The molecule has 100 valence electrons. The van der Waals surface area contributed by atoms with Crippen LogP contribution in [-0.4, -0.2) is 5.78 Å². The van der Waals surface area contributed by atoms with Crippen molar-refractivity contribution in [2.45, 2.75) is 19.8 Å². The van der Waals surface area contributed by atoms with Crippen LogP contribution >= 0.6 is 15.9 Å². The molecule has 0 aliphatic carbocycles. The van der Waals surface area contributed by atoms with Gasteiger partial charge in [-0.05, 0) is 37.1 Å². The van der Waals surface area contributed by atoms with Crippen LogP contribution in [0.5, 0.6) is 0 Å². The second-order valence-corrected chi connectivity index (χ2v) is 5.72. The molecule has 0 bridgehead atoms. The van der Waals surface area contributed by atoms with Gasteiger partial charge in [-0.2, -0.15) is 5.26 Å². The van der Waals surface area contributed by atoms with E-state index in [2.05, 4.69) is 22.0 Å². The third-order valence-electron chi connectivity index (χ3n) is 3.23. The molecule has 0 spiro atoms. The van der Waals surface area contributed by atoms with Crippen LogP contribution in [0.2, 0.25) is 0 Å². The number of hydrogen-bond donors (Lipinski definition) is 0. The Kier molecular flexibility index (Phi) is 4.36. The lowest BCUT2D eigenvalue weighted by Crippen LogP contribution is -2.12. The molecule has 0 aromatic heterocycles. The molecule has 0 aliphatic rings. The highest BCUT2D eigenvalue weighted by Crippen LogP contribution is 2.25. The first-order valence-corrected chi connectivity index (χ1v) is 7.09. The Bertz CT molecular complexity index is 700. The number of nitriles is 1. The molecule has 2 aromatic carbocycles. The zero-order valence-corrected chi connectivity index (χ0v) is 12.9. The van der Waals surface area contributed by atoms with Gasteiger partial charge in [0.15, 0.2) is 5.78 Å². The monoisotopic (exact) mass is 327 g/mol. The van der Waals surface area contributed by atoms with Crippen LogP contribution in [-0.2, 0) is 0 Å². The van der Waals surface area contributed by atoms with Gasteiger partial charge in [0.1, 0.15) is 5.92 Å². The Morgan fingerprint density at radius 2 is 1.95 bits per heavy atom. The van der Waals surface area contributed by atoms with E-state index in [1.165, 1.54) is 0 Å². The molecule has 3 heteroatoms. The minimum Gasteiger partial charge on any atom is -0.292 e. The first kappa shape index (κ1) is 14.5. The number of nitrogens with zero attached hydrogens (tertiary/aromatic N) is 1. The minimum atomic E-state index is -0.761. The molecule has 1 atom stereocenters. The summed E-state index contributed by atoms with van der Waals surface area (Å²) < 4.78 is 0.840. The smallest absolute Gasteiger partial charge is 0.184 e. The number of Topliss-reactive ketones (excluding diaryl/α,β-unsaturated/α-hetero) is 1. The molecule has 2 rings (SSSR count). The highest BCUT2D eigenvalue weighted by Gasteiger charge is 2.23. The second-order valence-electron chi connectivity index (χ2n) is 4.80. The van der Waals surface area contributed by atoms with Gasteiger partial charge in [0.25, 0.3) is 0 Å². The lowest BCUT2D eigenvalue weighted by Gasteiger charge is -2.11. The van der Waals surface area contributed by atoms with Gasteiger partial charge in [-0.3, -0.25) is 4.79 Å². The fraction of sp³-hybridized carbons (Fsp3) is 0.176. The standard InChI is InChI=1S/C17H14BrNO/c1-11-4-3-5-13(8-11)16(10-19)17(20)15-9-14(18)7-6-12(15)2/h3-9,16H,1-2H3. The number of carbonyl (C=O) groups is 1. The summed E-state index contributed by atoms with van der Waals surface area (Å²) in [5.41, 5.74) is 3.26. The average Bonchev–Trinajstić information content (AvgIpc) is 2.42. The van der Waals surface area contributed by atoms with Crippen molar-refractivity contribution in [1.29, 1.82) is 5.26 Å². The maximum atomic E-state index is 12.6. The molecule has 2 nitrogen and oxygen atoms in total. The van der Waals surface area contributed by atoms with E-state index in [4.69, 9.17) is 0 Å². The molecule has 0 aliphatic heterocycles. The Morgan fingerprint density at radius 1 is 1.20 bits per heavy atom. The van der Waals surface area contributed by atoms with E-state index in [-0.39, 0.29) is 5.78 Å². The molecular formula is C17H14BrNO. The van der Waals surface area contributed by atoms with Crippen LogP contribution < -0.4 is 0 Å². The first-order valence-electron chi connectivity index (χ1n) is 6.29. The van der Waals surface area contributed by atoms with Crippen molar-refractivity contribution >= 4 is 21.7 Å². The van der Waals surface area contributed by atoms with Crippen LogP contribution in [0.4, 0.5) is 0 Å². The Labute approximate surface area is 127 Å². The molecule has 0 N–H and O–H groups in total. The van der Waals surface area contributed by atoms with Gasteiger partial charge >= 0.3 is 0 Å². The fourth-order valence-corrected chi connectivity index (χ4v) is 2.51. The summed E-state index contributed by atoms with van der Waals surface area (Å²) >= 11 is 3.37. The fourth-order valence-electron chi connectivity index (χ4n) is 2.15. The van der Waals surface area contributed by atoms with E-state index < -0.39 is 5.92 Å². The summed E-state index contributed by atoms with van der Waals surface area (Å²) in [4.78, 5) is 12.6. The lowest BCUT2D eigenvalue weighted by atomic mass is 9.89. The van der Waals surface area contributed by atoms with Gasteiger partial charge in [0, 0.05) is 10.0 Å². The van der Waals surface area contributed by atoms with Gasteiger partial charge in [-0.15, -0.1) is 0 Å². The maximum absolute atomic E-state index is 12.6. The third-order valence-corrected chi connectivity index (χ3v) is 3.73. The molecule has 0 saturated carbocycles. The normalized spacial score (nSPS) is 11.7. The third kappa shape index (κ3) is 2.97. The predicted molar refractivity (Wildman–Crippen MR) is 82.7 cm³/mol. The molecule has 0 amide bonds. The number of rotatable bonds is 3. The second kappa shape index (κ2) is 6.02. The highest BCUT2D eigenvalue weighted by atomic mass is 79.9. The summed E-state index contributed by atoms with van der Waals surface area (Å²) in [5.74, 6) is -0.917. The molecule has 0 heterocycles. The summed E-state index contributed by atoms with van der Waals surface area (Å²) in [6, 6.07) is 15.2. The Morgan fingerprint density at radius 3 is 2.60 bits per heavy atom. The van der Waals surface area contributed by atoms with E-state index in [9.17, 15) is 10.1 Å². The molecule has 2 aromatic rings. The Hall–Kier alpha value is -1.92. The van der Waals surface area contributed by atoms with Crippen LogP contribution in [0, 0.1) is 25.2 Å². The topological polar surface area (TPSA) is 40.9 Å². The van der Waals surface area contributed by atoms with Crippen LogP contribution in [0.15, 0.2) is 46.9 Å². The van der Waals surface area contributed by atoms with E-state index in [1.54, 1.807) is 6.07 Å².